The second-order valence-corrected chi connectivity index (χ2v) is 4.58. The molecule has 0 bridgehead atoms. The van der Waals surface area contributed by atoms with Crippen LogP contribution in [0.5, 0.6) is 0 Å². The predicted molar refractivity (Wildman–Crippen MR) is 69.5 cm³/mol. The Morgan fingerprint density at radius 3 is 2.75 bits per heavy atom. The van der Waals surface area contributed by atoms with Gasteiger partial charge in [0, 0.05) is 19.1 Å². The topological polar surface area (TPSA) is 42.6 Å². The first-order chi connectivity index (χ1) is 7.76. The maximum atomic E-state index is 8.61. The molecule has 0 N–H and O–H groups in total. The van der Waals surface area contributed by atoms with Crippen molar-refractivity contribution < 1.29 is 0 Å². The molecule has 1 heterocycles. The maximum absolute atomic E-state index is 8.61. The molecule has 90 valence electrons. The van der Waals surface area contributed by atoms with Gasteiger partial charge in [-0.25, -0.2) is 0 Å². The van der Waals surface area contributed by atoms with E-state index in [1.54, 1.807) is 11.8 Å². The third kappa shape index (κ3) is 3.13. The highest BCUT2D eigenvalue weighted by Gasteiger charge is 2.27. The second kappa shape index (κ2) is 6.77. The molecule has 1 atom stereocenters. The van der Waals surface area contributed by atoms with Gasteiger partial charge in [-0.15, -0.1) is 4.99 Å². The summed E-state index contributed by atoms with van der Waals surface area (Å²) in [6.07, 6.45) is 5.03. The van der Waals surface area contributed by atoms with Gasteiger partial charge < -0.3 is 4.90 Å². The molecule has 0 aromatic heterocycles. The molecule has 1 saturated heterocycles. The number of likely N-dealkylation sites (tertiary alicyclic amines) is 1. The van der Waals surface area contributed by atoms with Crippen LogP contribution in [0.15, 0.2) is 4.99 Å². The van der Waals surface area contributed by atoms with E-state index in [1.807, 2.05) is 12.4 Å². The Bertz CT molecular complexity index is 280. The zero-order valence-electron chi connectivity index (χ0n) is 10.3. The lowest BCUT2D eigenvalue weighted by molar-refractivity contribution is 0.224. The number of thioether (sulfide) groups is 1. The lowest BCUT2D eigenvalue weighted by atomic mass is 10.2. The molecular weight excluding hydrogens is 220 g/mol. The van der Waals surface area contributed by atoms with Gasteiger partial charge in [0.25, 0.3) is 0 Å². The van der Waals surface area contributed by atoms with Gasteiger partial charge in [0.1, 0.15) is 0 Å². The molecule has 0 spiro atoms. The Hall–Kier alpha value is -0.730. The molecule has 1 fully saturated rings. The van der Waals surface area contributed by atoms with Crippen LogP contribution in [0.4, 0.5) is 0 Å². The molecule has 0 aromatic rings. The summed E-state index contributed by atoms with van der Waals surface area (Å²) in [5.74, 6) is 0. The Morgan fingerprint density at radius 1 is 1.56 bits per heavy atom. The molecule has 1 aliphatic rings. The van der Waals surface area contributed by atoms with E-state index in [9.17, 15) is 0 Å². The highest BCUT2D eigenvalue weighted by atomic mass is 32.2. The molecule has 4 nitrogen and oxygen atoms in total. The van der Waals surface area contributed by atoms with Crippen molar-refractivity contribution in [2.75, 3.05) is 32.4 Å². The number of rotatable bonds is 3. The number of hydrogen-bond acceptors (Lipinski definition) is 4. The normalized spacial score (nSPS) is 21.6. The Labute approximate surface area is 102 Å². The fourth-order valence-electron chi connectivity index (χ4n) is 2.24. The number of hydrogen-bond donors (Lipinski definition) is 0. The summed E-state index contributed by atoms with van der Waals surface area (Å²) in [6.45, 7) is 8.61. The van der Waals surface area contributed by atoms with Crippen molar-refractivity contribution in [1.82, 2.24) is 9.80 Å². The van der Waals surface area contributed by atoms with E-state index in [0.29, 0.717) is 6.04 Å². The molecule has 0 aromatic carbocycles. The van der Waals surface area contributed by atoms with E-state index < -0.39 is 0 Å². The van der Waals surface area contributed by atoms with Crippen LogP contribution in [0.3, 0.4) is 0 Å². The van der Waals surface area contributed by atoms with Crippen molar-refractivity contribution in [3.8, 4) is 6.19 Å². The minimum atomic E-state index is 0.617. The number of aliphatic imine (C=N–C) groups is 1. The summed E-state index contributed by atoms with van der Waals surface area (Å²) in [5.41, 5.74) is 0. The van der Waals surface area contributed by atoms with Crippen LogP contribution in [-0.2, 0) is 0 Å². The average molecular weight is 240 g/mol. The fraction of sp³-hybridized carbons (Fsp3) is 0.818. The van der Waals surface area contributed by atoms with Crippen molar-refractivity contribution >= 4 is 16.9 Å². The van der Waals surface area contributed by atoms with Crippen LogP contribution in [0, 0.1) is 11.5 Å². The minimum Gasteiger partial charge on any atom is -0.349 e. The third-order valence-corrected chi connectivity index (χ3v) is 3.81. The smallest absolute Gasteiger partial charge is 0.208 e. The van der Waals surface area contributed by atoms with Crippen molar-refractivity contribution in [2.24, 2.45) is 4.99 Å². The zero-order chi connectivity index (χ0) is 12.0. The molecule has 0 saturated carbocycles. The molecule has 1 rings (SSSR count). The molecule has 1 aliphatic heterocycles. The summed E-state index contributed by atoms with van der Waals surface area (Å²) in [5, 5.41) is 9.47. The van der Waals surface area contributed by atoms with Gasteiger partial charge in [0.15, 0.2) is 5.17 Å². The van der Waals surface area contributed by atoms with Crippen LogP contribution < -0.4 is 0 Å². The van der Waals surface area contributed by atoms with Crippen LogP contribution >= 0.6 is 11.8 Å². The van der Waals surface area contributed by atoms with Crippen LogP contribution in [-0.4, -0.2) is 53.4 Å². The summed E-state index contributed by atoms with van der Waals surface area (Å²) < 4.78 is 0. The Morgan fingerprint density at radius 2 is 2.25 bits per heavy atom. The van der Waals surface area contributed by atoms with E-state index in [1.165, 1.54) is 6.42 Å². The maximum Gasteiger partial charge on any atom is 0.208 e. The SMILES string of the molecule is CCN(CC)C1CCN(C(=NC#N)SC)C1. The summed E-state index contributed by atoms with van der Waals surface area (Å²) >= 11 is 1.56. The highest BCUT2D eigenvalue weighted by molar-refractivity contribution is 8.13. The molecule has 1 unspecified atom stereocenters. The molecule has 5 heteroatoms. The molecule has 0 aliphatic carbocycles. The first-order valence-corrected chi connectivity index (χ1v) is 6.99. The minimum absolute atomic E-state index is 0.617. The quantitative estimate of drug-likeness (QED) is 0.427. The summed E-state index contributed by atoms with van der Waals surface area (Å²) in [6, 6.07) is 0.617. The number of amidine groups is 1. The Balaban J connectivity index is 2.58. The fourth-order valence-corrected chi connectivity index (χ4v) is 2.80. The van der Waals surface area contributed by atoms with Gasteiger partial charge in [-0.2, -0.15) is 5.26 Å². The van der Waals surface area contributed by atoms with Crippen molar-refractivity contribution in [1.29, 1.82) is 5.26 Å². The summed E-state index contributed by atoms with van der Waals surface area (Å²) in [4.78, 5) is 8.56. The third-order valence-electron chi connectivity index (χ3n) is 3.09. The van der Waals surface area contributed by atoms with Crippen molar-refractivity contribution in [2.45, 2.75) is 26.3 Å². The van der Waals surface area contributed by atoms with Crippen LogP contribution in [0.25, 0.3) is 0 Å². The van der Waals surface area contributed by atoms with Crippen molar-refractivity contribution in [3.63, 3.8) is 0 Å². The lowest BCUT2D eigenvalue weighted by Gasteiger charge is -2.26. The molecule has 0 radical (unpaired) electrons. The van der Waals surface area contributed by atoms with Gasteiger partial charge in [-0.05, 0) is 25.8 Å². The number of nitrogens with zero attached hydrogens (tertiary/aromatic N) is 4. The van der Waals surface area contributed by atoms with Crippen LogP contribution in [0.1, 0.15) is 20.3 Å². The zero-order valence-corrected chi connectivity index (χ0v) is 11.1. The van der Waals surface area contributed by atoms with Gasteiger partial charge >= 0.3 is 0 Å². The van der Waals surface area contributed by atoms with Gasteiger partial charge in [-0.1, -0.05) is 25.6 Å². The largest absolute Gasteiger partial charge is 0.349 e. The van der Waals surface area contributed by atoms with E-state index in [2.05, 4.69) is 28.6 Å². The molecule has 0 amide bonds. The first-order valence-electron chi connectivity index (χ1n) is 5.76. The standard InChI is InChI=1S/C11H20N4S/c1-4-14(5-2)10-6-7-15(8-10)11(16-3)13-9-12/h10H,4-8H2,1-3H3. The highest BCUT2D eigenvalue weighted by Crippen LogP contribution is 2.18. The lowest BCUT2D eigenvalue weighted by Crippen LogP contribution is -2.38. The van der Waals surface area contributed by atoms with Gasteiger partial charge in [0.05, 0.1) is 0 Å². The van der Waals surface area contributed by atoms with Gasteiger partial charge in [-0.3, -0.25) is 4.90 Å². The van der Waals surface area contributed by atoms with E-state index in [4.69, 9.17) is 5.26 Å². The van der Waals surface area contributed by atoms with E-state index in [0.717, 1.165) is 31.3 Å². The predicted octanol–water partition coefficient (Wildman–Crippen LogP) is 1.60. The van der Waals surface area contributed by atoms with E-state index in [-0.39, 0.29) is 0 Å². The molecule has 16 heavy (non-hydrogen) atoms. The number of likely N-dealkylation sites (N-methyl/N-ethyl adjacent to an activating group) is 1. The number of nitriles is 1. The monoisotopic (exact) mass is 240 g/mol. The van der Waals surface area contributed by atoms with Crippen LogP contribution in [0.2, 0.25) is 0 Å². The summed E-state index contributed by atoms with van der Waals surface area (Å²) in [7, 11) is 0. The van der Waals surface area contributed by atoms with Gasteiger partial charge in [0.2, 0.25) is 6.19 Å². The van der Waals surface area contributed by atoms with Crippen molar-refractivity contribution in [3.05, 3.63) is 0 Å². The van der Waals surface area contributed by atoms with E-state index >= 15 is 0 Å². The average Bonchev–Trinajstić information content (AvgIpc) is 2.77. The Kier molecular flexibility index (Phi) is 5.64. The molecular formula is C11H20N4S. The second-order valence-electron chi connectivity index (χ2n) is 3.81. The first kappa shape index (κ1) is 13.3.